The van der Waals surface area contributed by atoms with Crippen molar-refractivity contribution in [1.29, 1.82) is 0 Å². The van der Waals surface area contributed by atoms with Gasteiger partial charge in [-0.05, 0) is 5.92 Å². The van der Waals surface area contributed by atoms with E-state index in [1.165, 1.54) is 0 Å². The van der Waals surface area contributed by atoms with Crippen LogP contribution >= 0.6 is 8.69 Å². The Hall–Kier alpha value is 1.06. The molecule has 0 aliphatic rings. The van der Waals surface area contributed by atoms with Gasteiger partial charge in [-0.15, -0.1) is 0 Å². The Morgan fingerprint density at radius 3 is 2.38 bits per heavy atom. The Kier molecular flexibility index (Phi) is 11.9. The SMILES string of the molecule is CC(C)COP=O.[H-].[Na+]. The van der Waals surface area contributed by atoms with Gasteiger partial charge < -0.3 is 1.43 Å². The number of hydrogen-bond acceptors (Lipinski definition) is 2. The Balaban J connectivity index is -0.000000180. The standard InChI is InChI=1S/C4H9O2P.Na.H/c1-4(2)3-6-7-5;;/h4H,3H2,1-2H3;;/q;+1;-1. The van der Waals surface area contributed by atoms with E-state index in [1.807, 2.05) is 13.8 Å². The number of rotatable bonds is 3. The molecule has 0 spiro atoms. The molecule has 2 nitrogen and oxygen atoms in total. The second kappa shape index (κ2) is 8.06. The van der Waals surface area contributed by atoms with Crippen molar-refractivity contribution in [3.63, 3.8) is 0 Å². The average molecular weight is 144 g/mol. The summed E-state index contributed by atoms with van der Waals surface area (Å²) < 4.78 is 14.1. The summed E-state index contributed by atoms with van der Waals surface area (Å²) in [5.41, 5.74) is 0. The van der Waals surface area contributed by atoms with Gasteiger partial charge in [0.1, 0.15) is 0 Å². The van der Waals surface area contributed by atoms with Crippen molar-refractivity contribution >= 4 is 8.69 Å². The summed E-state index contributed by atoms with van der Waals surface area (Å²) in [6, 6.07) is 0. The maximum Gasteiger partial charge on any atom is 1.00 e. The van der Waals surface area contributed by atoms with Gasteiger partial charge >= 0.3 is 38.2 Å². The summed E-state index contributed by atoms with van der Waals surface area (Å²) in [5, 5.41) is 0. The molecule has 8 heavy (non-hydrogen) atoms. The molecule has 0 atom stereocenters. The molecule has 0 radical (unpaired) electrons. The molecule has 4 heteroatoms. The molecule has 0 saturated carbocycles. The Bertz CT molecular complexity index is 62.5. The minimum Gasteiger partial charge on any atom is -1.00 e. The fourth-order valence-corrected chi connectivity index (χ4v) is 0.539. The van der Waals surface area contributed by atoms with Gasteiger partial charge in [-0.25, -0.2) is 4.57 Å². The van der Waals surface area contributed by atoms with E-state index in [1.54, 1.807) is 0 Å². The van der Waals surface area contributed by atoms with Crippen LogP contribution in [0.1, 0.15) is 15.3 Å². The number of hydrogen-bond donors (Lipinski definition) is 0. The topological polar surface area (TPSA) is 26.3 Å². The van der Waals surface area contributed by atoms with Crippen molar-refractivity contribution < 1.29 is 40.1 Å². The molecule has 0 aliphatic carbocycles. The monoisotopic (exact) mass is 144 g/mol. The summed E-state index contributed by atoms with van der Waals surface area (Å²) in [6.45, 7) is 4.58. The van der Waals surface area contributed by atoms with E-state index in [0.29, 0.717) is 12.5 Å². The van der Waals surface area contributed by atoms with Gasteiger partial charge in [0, 0.05) is 0 Å². The van der Waals surface area contributed by atoms with E-state index >= 15 is 0 Å². The van der Waals surface area contributed by atoms with Gasteiger partial charge in [-0.3, -0.25) is 4.52 Å². The van der Waals surface area contributed by atoms with Gasteiger partial charge in [0.15, 0.2) is 0 Å². The van der Waals surface area contributed by atoms with E-state index in [0.717, 1.165) is 0 Å². The van der Waals surface area contributed by atoms with Crippen LogP contribution in [-0.4, -0.2) is 6.61 Å². The first-order chi connectivity index (χ1) is 3.27. The molecule has 0 aliphatic heterocycles. The minimum absolute atomic E-state index is 0. The van der Waals surface area contributed by atoms with Gasteiger partial charge in [-0.2, -0.15) is 0 Å². The first-order valence-corrected chi connectivity index (χ1v) is 2.95. The Morgan fingerprint density at radius 1 is 1.75 bits per heavy atom. The van der Waals surface area contributed by atoms with Crippen molar-refractivity contribution in [1.82, 2.24) is 0 Å². The van der Waals surface area contributed by atoms with Crippen molar-refractivity contribution in [2.75, 3.05) is 6.61 Å². The second-order valence-corrected chi connectivity index (χ2v) is 2.17. The molecule has 44 valence electrons. The van der Waals surface area contributed by atoms with Gasteiger partial charge in [-0.1, -0.05) is 13.8 Å². The van der Waals surface area contributed by atoms with Crippen LogP contribution in [0.5, 0.6) is 0 Å². The second-order valence-electron chi connectivity index (χ2n) is 1.76. The van der Waals surface area contributed by atoms with E-state index in [-0.39, 0.29) is 39.7 Å². The van der Waals surface area contributed by atoms with Crippen LogP contribution < -0.4 is 29.6 Å². The summed E-state index contributed by atoms with van der Waals surface area (Å²) in [6.07, 6.45) is 0. The van der Waals surface area contributed by atoms with Crippen LogP contribution in [0, 0.1) is 5.92 Å². The molecule has 0 rings (SSSR count). The van der Waals surface area contributed by atoms with Crippen LogP contribution in [0.4, 0.5) is 0 Å². The predicted molar refractivity (Wildman–Crippen MR) is 29.5 cm³/mol. The fourth-order valence-electron chi connectivity index (χ4n) is 0.180. The molecule has 0 aromatic rings. The maximum atomic E-state index is 9.58. The van der Waals surface area contributed by atoms with Crippen LogP contribution in [0.15, 0.2) is 0 Å². The van der Waals surface area contributed by atoms with Crippen molar-refractivity contribution in [3.8, 4) is 0 Å². The zero-order chi connectivity index (χ0) is 5.70. The minimum atomic E-state index is -0.210. The molecule has 0 heterocycles. The first kappa shape index (κ1) is 11.8. The van der Waals surface area contributed by atoms with Crippen molar-refractivity contribution in [3.05, 3.63) is 0 Å². The third-order valence-corrected chi connectivity index (χ3v) is 0.715. The van der Waals surface area contributed by atoms with E-state index in [9.17, 15) is 4.57 Å². The Labute approximate surface area is 75.1 Å². The molecule has 0 amide bonds. The third-order valence-electron chi connectivity index (χ3n) is 0.461. The molecular formula is C4H10NaO2P. The van der Waals surface area contributed by atoms with Gasteiger partial charge in [0.2, 0.25) is 0 Å². The van der Waals surface area contributed by atoms with Crippen LogP contribution in [0.25, 0.3) is 0 Å². The van der Waals surface area contributed by atoms with E-state index in [4.69, 9.17) is 0 Å². The van der Waals surface area contributed by atoms with E-state index < -0.39 is 0 Å². The Morgan fingerprint density at radius 2 is 2.25 bits per heavy atom. The zero-order valence-corrected chi connectivity index (χ0v) is 8.44. The zero-order valence-electron chi connectivity index (χ0n) is 6.55. The molecule has 0 aromatic carbocycles. The van der Waals surface area contributed by atoms with Crippen LogP contribution in [-0.2, 0) is 9.09 Å². The summed E-state index contributed by atoms with van der Waals surface area (Å²) >= 11 is 0. The van der Waals surface area contributed by atoms with Crippen LogP contribution in [0.2, 0.25) is 0 Å². The molecule has 0 aromatic heterocycles. The molecular weight excluding hydrogens is 134 g/mol. The fraction of sp³-hybridized carbons (Fsp3) is 1.00. The predicted octanol–water partition coefficient (Wildman–Crippen LogP) is -1.02. The maximum absolute atomic E-state index is 9.58. The summed E-state index contributed by atoms with van der Waals surface area (Å²) in [4.78, 5) is 0. The van der Waals surface area contributed by atoms with Gasteiger partial charge in [0.05, 0.1) is 6.61 Å². The average Bonchev–Trinajstić information content (AvgIpc) is 1.61. The smallest absolute Gasteiger partial charge is 1.00 e. The van der Waals surface area contributed by atoms with Crippen molar-refractivity contribution in [2.45, 2.75) is 13.8 Å². The third kappa shape index (κ3) is 10.1. The van der Waals surface area contributed by atoms with Gasteiger partial charge in [0.25, 0.3) is 0 Å². The quantitative estimate of drug-likeness (QED) is 0.374. The molecule has 0 unspecified atom stereocenters. The molecule has 0 saturated heterocycles. The van der Waals surface area contributed by atoms with Crippen molar-refractivity contribution in [2.24, 2.45) is 5.92 Å². The normalized spacial score (nSPS) is 9.38. The molecule has 0 fully saturated rings. The first-order valence-electron chi connectivity index (χ1n) is 2.22. The largest absolute Gasteiger partial charge is 1.00 e. The van der Waals surface area contributed by atoms with Crippen LogP contribution in [0.3, 0.4) is 0 Å². The summed E-state index contributed by atoms with van der Waals surface area (Å²) in [5.74, 6) is 0.474. The summed E-state index contributed by atoms with van der Waals surface area (Å²) in [7, 11) is -0.210. The van der Waals surface area contributed by atoms with E-state index in [2.05, 4.69) is 4.52 Å². The molecule has 0 N–H and O–H groups in total. The molecule has 0 bridgehead atoms.